The number of rotatable bonds is 6. The summed E-state index contributed by atoms with van der Waals surface area (Å²) >= 11 is 7.91. The van der Waals surface area contributed by atoms with E-state index in [9.17, 15) is 14.0 Å². The first-order valence-electron chi connectivity index (χ1n) is 16.4. The number of aromatic nitrogens is 2. The van der Waals surface area contributed by atoms with Gasteiger partial charge >= 0.3 is 6.01 Å². The Morgan fingerprint density at radius 2 is 2.04 bits per heavy atom. The highest BCUT2D eigenvalue weighted by molar-refractivity contribution is 7.23. The number of anilines is 2. The fraction of sp³-hybridized carbons (Fsp3) is 0.500. The summed E-state index contributed by atoms with van der Waals surface area (Å²) in [5, 5.41) is 10.2. The highest BCUT2D eigenvalue weighted by Crippen LogP contribution is 2.51. The van der Waals surface area contributed by atoms with Crippen LogP contribution >= 0.6 is 22.9 Å². The molecular formula is C34H33ClF4N6O3S. The highest BCUT2D eigenvalue weighted by Gasteiger charge is 2.48. The van der Waals surface area contributed by atoms with Gasteiger partial charge in [0.1, 0.15) is 41.4 Å². The van der Waals surface area contributed by atoms with Crippen molar-refractivity contribution in [1.29, 1.82) is 5.26 Å². The van der Waals surface area contributed by atoms with E-state index >= 15 is 8.78 Å². The summed E-state index contributed by atoms with van der Waals surface area (Å²) in [4.78, 5) is 13.7. The van der Waals surface area contributed by atoms with E-state index in [1.54, 1.807) is 0 Å². The molecule has 6 heterocycles. The van der Waals surface area contributed by atoms with Gasteiger partial charge in [0.15, 0.2) is 11.6 Å². The van der Waals surface area contributed by atoms with Crippen molar-refractivity contribution in [2.75, 3.05) is 56.7 Å². The number of halogens is 5. The number of thiophene rings is 1. The van der Waals surface area contributed by atoms with Gasteiger partial charge in [-0.25, -0.2) is 17.6 Å². The average molecular weight is 717 g/mol. The van der Waals surface area contributed by atoms with E-state index in [0.29, 0.717) is 12.5 Å². The fourth-order valence-corrected chi connectivity index (χ4v) is 9.60. The van der Waals surface area contributed by atoms with Gasteiger partial charge in [-0.3, -0.25) is 4.90 Å². The quantitative estimate of drug-likeness (QED) is 0.211. The van der Waals surface area contributed by atoms with E-state index < -0.39 is 30.0 Å². The Labute approximate surface area is 288 Å². The molecular weight excluding hydrogens is 684 g/mol. The molecule has 4 aromatic rings. The van der Waals surface area contributed by atoms with Gasteiger partial charge in [0, 0.05) is 36.4 Å². The second-order valence-electron chi connectivity index (χ2n) is 13.7. The maximum absolute atomic E-state index is 17.2. The van der Waals surface area contributed by atoms with Crippen molar-refractivity contribution >= 4 is 54.7 Å². The first-order chi connectivity index (χ1) is 23.6. The lowest BCUT2D eigenvalue weighted by molar-refractivity contribution is 0.0646. The van der Waals surface area contributed by atoms with Crippen LogP contribution in [0.4, 0.5) is 28.4 Å². The molecule has 0 aliphatic carbocycles. The molecule has 0 spiro atoms. The van der Waals surface area contributed by atoms with Gasteiger partial charge in [-0.15, -0.1) is 11.3 Å². The standard InChI is InChI=1S/C34H33ClF4N6O3S/c1-16-8-34(5-2-6-44(34)10-16)15-48-33-42-28-25-29(47-14-18-13-46-12-17(7-22(37)38)11-45(18)32(25)43-33)26(35)24(27(28)39)19-3-4-21(36)30-23(19)20(9-40)31(41)49-30/h3-4,16-18,22H,2,5-8,10-15,41H2,1H3/t16-,17?,18?,34+/m1/s1. The van der Waals surface area contributed by atoms with Gasteiger partial charge in [0.05, 0.1) is 45.5 Å². The van der Waals surface area contributed by atoms with E-state index in [2.05, 4.69) is 16.8 Å². The van der Waals surface area contributed by atoms with E-state index in [1.807, 2.05) is 11.0 Å². The molecule has 9 nitrogen and oxygen atoms in total. The van der Waals surface area contributed by atoms with Gasteiger partial charge in [-0.05, 0) is 43.4 Å². The summed E-state index contributed by atoms with van der Waals surface area (Å²) in [5.74, 6) is -1.18. The Bertz CT molecular complexity index is 2030. The maximum atomic E-state index is 17.2. The average Bonchev–Trinajstić information content (AvgIpc) is 3.61. The Kier molecular flexibility index (Phi) is 8.17. The topological polar surface area (TPSA) is 110 Å². The molecule has 2 aromatic heterocycles. The van der Waals surface area contributed by atoms with Gasteiger partial charge in [0.2, 0.25) is 6.43 Å². The van der Waals surface area contributed by atoms with Crippen molar-refractivity contribution in [3.63, 3.8) is 0 Å². The molecule has 4 atom stereocenters. The highest BCUT2D eigenvalue weighted by atomic mass is 35.5. The summed E-state index contributed by atoms with van der Waals surface area (Å²) in [6, 6.07) is 4.01. The Hall–Kier alpha value is -3.64. The number of nitrogens with zero attached hydrogens (tertiary/aromatic N) is 5. The van der Waals surface area contributed by atoms with E-state index in [1.165, 1.54) is 12.1 Å². The second kappa shape index (κ2) is 12.3. The number of nitriles is 1. The molecule has 2 N–H and O–H groups in total. The molecule has 0 amide bonds. The minimum atomic E-state index is -2.54. The molecule has 0 saturated carbocycles. The van der Waals surface area contributed by atoms with E-state index in [0.717, 1.165) is 43.7 Å². The Morgan fingerprint density at radius 3 is 2.84 bits per heavy atom. The van der Waals surface area contributed by atoms with Crippen LogP contribution in [0.5, 0.6) is 11.8 Å². The molecule has 4 aliphatic heterocycles. The van der Waals surface area contributed by atoms with Crippen molar-refractivity contribution in [3.8, 4) is 29.0 Å². The molecule has 2 aromatic carbocycles. The summed E-state index contributed by atoms with van der Waals surface area (Å²) in [6.07, 6.45) is 0.0217. The normalized spacial score (nSPS) is 25.3. The number of hydrogen-bond donors (Lipinski definition) is 1. The second-order valence-corrected chi connectivity index (χ2v) is 15.1. The minimum absolute atomic E-state index is 0.00557. The number of hydrogen-bond acceptors (Lipinski definition) is 10. The van der Waals surface area contributed by atoms with Crippen LogP contribution in [-0.4, -0.2) is 78.9 Å². The van der Waals surface area contributed by atoms with Crippen LogP contribution in [0.1, 0.15) is 38.2 Å². The van der Waals surface area contributed by atoms with Crippen molar-refractivity contribution < 1.29 is 31.8 Å². The number of nitrogens with two attached hydrogens (primary N) is 1. The zero-order valence-corrected chi connectivity index (χ0v) is 28.2. The summed E-state index contributed by atoms with van der Waals surface area (Å²) in [5.41, 5.74) is 5.76. The lowest BCUT2D eigenvalue weighted by Gasteiger charge is -2.32. The third-order valence-corrected chi connectivity index (χ3v) is 11.8. The third-order valence-electron chi connectivity index (χ3n) is 10.4. The van der Waals surface area contributed by atoms with Crippen LogP contribution in [0, 0.1) is 34.8 Å². The van der Waals surface area contributed by atoms with Crippen LogP contribution in [0.2, 0.25) is 5.02 Å². The molecule has 8 rings (SSSR count). The van der Waals surface area contributed by atoms with Gasteiger partial charge in [0.25, 0.3) is 0 Å². The van der Waals surface area contributed by atoms with Crippen molar-refractivity contribution in [1.82, 2.24) is 14.9 Å². The van der Waals surface area contributed by atoms with E-state index in [4.69, 9.17) is 36.5 Å². The molecule has 0 radical (unpaired) electrons. The SMILES string of the molecule is C[C@H]1CN2CCC[C@@]2(COc2nc3c4c(c(Cl)c(-c5ccc(F)c6sc(N)c(C#N)c56)c(F)c4n2)OCC2COCC(CC(F)F)CN32)C1. The lowest BCUT2D eigenvalue weighted by Crippen LogP contribution is -2.44. The van der Waals surface area contributed by atoms with Crippen LogP contribution in [0.3, 0.4) is 0 Å². The van der Waals surface area contributed by atoms with Crippen molar-refractivity contribution in [3.05, 3.63) is 34.4 Å². The molecule has 4 aliphatic rings. The monoisotopic (exact) mass is 716 g/mol. The fourth-order valence-electron chi connectivity index (χ4n) is 8.32. The van der Waals surface area contributed by atoms with E-state index in [-0.39, 0.29) is 104 Å². The van der Waals surface area contributed by atoms with Crippen LogP contribution in [-0.2, 0) is 4.74 Å². The molecule has 3 fully saturated rings. The number of nitrogen functional groups attached to an aromatic ring is 1. The van der Waals surface area contributed by atoms with Crippen LogP contribution < -0.4 is 20.1 Å². The van der Waals surface area contributed by atoms with Gasteiger partial charge < -0.3 is 24.8 Å². The molecule has 49 heavy (non-hydrogen) atoms. The summed E-state index contributed by atoms with van der Waals surface area (Å²) in [7, 11) is 0. The number of fused-ring (bicyclic) bond motifs is 4. The van der Waals surface area contributed by atoms with Crippen LogP contribution in [0.25, 0.3) is 32.1 Å². The van der Waals surface area contributed by atoms with Crippen molar-refractivity contribution in [2.45, 2.75) is 50.6 Å². The lowest BCUT2D eigenvalue weighted by atomic mass is 9.92. The summed E-state index contributed by atoms with van der Waals surface area (Å²) in [6.45, 7) is 4.90. The zero-order chi connectivity index (χ0) is 34.2. The first kappa shape index (κ1) is 32.6. The molecule has 3 saturated heterocycles. The minimum Gasteiger partial charge on any atom is -0.489 e. The van der Waals surface area contributed by atoms with Crippen LogP contribution in [0.15, 0.2) is 12.1 Å². The Morgan fingerprint density at radius 1 is 1.20 bits per heavy atom. The zero-order valence-electron chi connectivity index (χ0n) is 26.6. The maximum Gasteiger partial charge on any atom is 0.319 e. The van der Waals surface area contributed by atoms with Gasteiger partial charge in [-0.1, -0.05) is 24.6 Å². The predicted molar refractivity (Wildman–Crippen MR) is 179 cm³/mol. The number of benzene rings is 2. The first-order valence-corrected chi connectivity index (χ1v) is 17.5. The molecule has 0 bridgehead atoms. The third kappa shape index (κ3) is 5.32. The smallest absolute Gasteiger partial charge is 0.319 e. The Balaban J connectivity index is 1.34. The molecule has 15 heteroatoms. The number of alkyl halides is 2. The summed E-state index contributed by atoms with van der Waals surface area (Å²) < 4.78 is 78.1. The largest absolute Gasteiger partial charge is 0.489 e. The van der Waals surface area contributed by atoms with Crippen molar-refractivity contribution in [2.24, 2.45) is 11.8 Å². The molecule has 258 valence electrons. The molecule has 2 unspecified atom stereocenters. The van der Waals surface area contributed by atoms with Gasteiger partial charge in [-0.2, -0.15) is 15.2 Å². The number of ether oxygens (including phenoxy) is 3. The predicted octanol–water partition coefficient (Wildman–Crippen LogP) is 7.02.